The number of pyridine rings is 1. The highest BCUT2D eigenvalue weighted by molar-refractivity contribution is 5.90. The Morgan fingerprint density at radius 2 is 1.77 bits per heavy atom. The third-order valence-electron chi connectivity index (χ3n) is 3.63. The molecule has 0 fully saturated rings. The number of nitriles is 1. The van der Waals surface area contributed by atoms with Crippen molar-refractivity contribution in [3.8, 4) is 28.7 Å². The Morgan fingerprint density at radius 3 is 2.36 bits per heavy atom. The minimum atomic E-state index is 0.516. The minimum Gasteiger partial charge on any atom is -0.497 e. The summed E-state index contributed by atoms with van der Waals surface area (Å²) in [6.45, 7) is 0. The lowest BCUT2D eigenvalue weighted by Gasteiger charge is -2.08. The number of ether oxygens (including phenoxy) is 2. The smallest absolute Gasteiger partial charge is 0.123 e. The third-order valence-corrected chi connectivity index (χ3v) is 3.63. The zero-order chi connectivity index (χ0) is 15.7. The van der Waals surface area contributed by atoms with Gasteiger partial charge in [0.25, 0.3) is 0 Å². The van der Waals surface area contributed by atoms with Crippen LogP contribution in [-0.4, -0.2) is 18.6 Å². The molecule has 5 nitrogen and oxygen atoms in total. The molecule has 0 aliphatic heterocycles. The van der Waals surface area contributed by atoms with Crippen molar-refractivity contribution in [2.75, 3.05) is 20.0 Å². The fourth-order valence-electron chi connectivity index (χ4n) is 2.59. The number of aromatic nitrogens is 1. The van der Waals surface area contributed by atoms with E-state index in [2.05, 4.69) is 6.07 Å². The number of nitrogen functional groups attached to an aromatic ring is 1. The molecule has 0 atom stereocenters. The largest absolute Gasteiger partial charge is 0.497 e. The highest BCUT2D eigenvalue weighted by atomic mass is 16.5. The zero-order valence-electron chi connectivity index (χ0n) is 12.3. The van der Waals surface area contributed by atoms with Crippen LogP contribution in [0.1, 0.15) is 5.56 Å². The molecule has 110 valence electrons. The second-order valence-corrected chi connectivity index (χ2v) is 4.80. The molecule has 0 aliphatic carbocycles. The number of hydrogen-bond donors (Lipinski definition) is 1. The van der Waals surface area contributed by atoms with Crippen molar-refractivity contribution in [2.45, 2.75) is 0 Å². The van der Waals surface area contributed by atoms with E-state index in [0.29, 0.717) is 28.4 Å². The van der Waals surface area contributed by atoms with Crippen LogP contribution < -0.4 is 15.2 Å². The van der Waals surface area contributed by atoms with Crippen LogP contribution in [0.25, 0.3) is 16.6 Å². The average molecular weight is 293 g/mol. The third kappa shape index (κ3) is 2.02. The summed E-state index contributed by atoms with van der Waals surface area (Å²) in [4.78, 5) is 0. The molecule has 0 bridgehead atoms. The molecule has 0 spiro atoms. The van der Waals surface area contributed by atoms with Gasteiger partial charge in [0.15, 0.2) is 0 Å². The Hall–Kier alpha value is -3.13. The number of hydrogen-bond acceptors (Lipinski definition) is 4. The molecule has 3 aromatic rings. The molecular formula is C17H15N3O2. The second kappa shape index (κ2) is 5.34. The van der Waals surface area contributed by atoms with Crippen molar-refractivity contribution < 1.29 is 9.47 Å². The maximum Gasteiger partial charge on any atom is 0.123 e. The SMILES string of the molecule is COc1cc(OC)cc(-c2c(C#N)c3ccccn3c2N)c1. The first-order chi connectivity index (χ1) is 10.7. The predicted octanol–water partition coefficient (Wildman–Crippen LogP) is 3.08. The lowest BCUT2D eigenvalue weighted by Crippen LogP contribution is -1.94. The standard InChI is InChI=1S/C17H15N3O2/c1-21-12-7-11(8-13(9-12)22-2)16-14(10-18)15-5-3-4-6-20(15)17(16)19/h3-9H,19H2,1-2H3. The van der Waals surface area contributed by atoms with E-state index in [1.54, 1.807) is 24.7 Å². The summed E-state index contributed by atoms with van der Waals surface area (Å²) in [6.07, 6.45) is 1.84. The highest BCUT2D eigenvalue weighted by Crippen LogP contribution is 2.38. The number of nitrogens with two attached hydrogens (primary N) is 1. The van der Waals surface area contributed by atoms with E-state index in [1.165, 1.54) is 0 Å². The minimum absolute atomic E-state index is 0.516. The van der Waals surface area contributed by atoms with Crippen molar-refractivity contribution in [2.24, 2.45) is 0 Å². The van der Waals surface area contributed by atoms with Crippen LogP contribution in [0.3, 0.4) is 0 Å². The topological polar surface area (TPSA) is 72.7 Å². The average Bonchev–Trinajstić information content (AvgIpc) is 2.86. The predicted molar refractivity (Wildman–Crippen MR) is 85.1 cm³/mol. The van der Waals surface area contributed by atoms with Crippen molar-refractivity contribution in [3.05, 3.63) is 48.2 Å². The van der Waals surface area contributed by atoms with Crippen LogP contribution in [0.15, 0.2) is 42.6 Å². The number of benzene rings is 1. The summed E-state index contributed by atoms with van der Waals surface area (Å²) >= 11 is 0. The van der Waals surface area contributed by atoms with Gasteiger partial charge >= 0.3 is 0 Å². The Balaban J connectivity index is 2.35. The number of anilines is 1. The van der Waals surface area contributed by atoms with E-state index in [-0.39, 0.29) is 0 Å². The van der Waals surface area contributed by atoms with Gasteiger partial charge in [-0.25, -0.2) is 0 Å². The van der Waals surface area contributed by atoms with E-state index >= 15 is 0 Å². The molecule has 2 N–H and O–H groups in total. The van der Waals surface area contributed by atoms with Crippen LogP contribution in [0, 0.1) is 11.3 Å². The number of rotatable bonds is 3. The monoisotopic (exact) mass is 293 g/mol. The summed E-state index contributed by atoms with van der Waals surface area (Å²) in [7, 11) is 3.17. The van der Waals surface area contributed by atoms with Gasteiger partial charge in [-0.2, -0.15) is 5.26 Å². The molecule has 5 heteroatoms. The molecule has 2 heterocycles. The van der Waals surface area contributed by atoms with Crippen molar-refractivity contribution in [1.82, 2.24) is 4.40 Å². The van der Waals surface area contributed by atoms with Gasteiger partial charge in [0.1, 0.15) is 23.4 Å². The first kappa shape index (κ1) is 13.8. The molecule has 0 aliphatic rings. The Kier molecular flexibility index (Phi) is 3.36. The molecule has 1 aromatic carbocycles. The van der Waals surface area contributed by atoms with Gasteiger partial charge in [-0.15, -0.1) is 0 Å². The lowest BCUT2D eigenvalue weighted by molar-refractivity contribution is 0.394. The maximum absolute atomic E-state index is 9.56. The van der Waals surface area contributed by atoms with Crippen LogP contribution in [0.2, 0.25) is 0 Å². The molecular weight excluding hydrogens is 278 g/mol. The fraction of sp³-hybridized carbons (Fsp3) is 0.118. The van der Waals surface area contributed by atoms with Crippen molar-refractivity contribution in [3.63, 3.8) is 0 Å². The summed E-state index contributed by atoms with van der Waals surface area (Å²) in [5, 5.41) is 9.56. The van der Waals surface area contributed by atoms with E-state index in [0.717, 1.165) is 11.1 Å². The quantitative estimate of drug-likeness (QED) is 0.805. The van der Waals surface area contributed by atoms with Gasteiger partial charge < -0.3 is 19.6 Å². The van der Waals surface area contributed by atoms with Gasteiger partial charge in [0.2, 0.25) is 0 Å². The number of nitrogens with zero attached hydrogens (tertiary/aromatic N) is 2. The molecule has 0 radical (unpaired) electrons. The van der Waals surface area contributed by atoms with E-state index < -0.39 is 0 Å². The number of fused-ring (bicyclic) bond motifs is 1. The van der Waals surface area contributed by atoms with Gasteiger partial charge in [0.05, 0.1) is 25.3 Å². The summed E-state index contributed by atoms with van der Waals surface area (Å²) in [5.74, 6) is 1.81. The second-order valence-electron chi connectivity index (χ2n) is 4.80. The molecule has 0 amide bonds. The van der Waals surface area contributed by atoms with Crippen molar-refractivity contribution in [1.29, 1.82) is 5.26 Å². The zero-order valence-corrected chi connectivity index (χ0v) is 12.3. The molecule has 0 saturated carbocycles. The Bertz CT molecular complexity index is 869. The molecule has 22 heavy (non-hydrogen) atoms. The van der Waals surface area contributed by atoms with Crippen LogP contribution in [0.4, 0.5) is 5.82 Å². The van der Waals surface area contributed by atoms with Gasteiger partial charge in [-0.3, -0.25) is 0 Å². The fourth-order valence-corrected chi connectivity index (χ4v) is 2.59. The number of methoxy groups -OCH3 is 2. The van der Waals surface area contributed by atoms with Gasteiger partial charge in [-0.05, 0) is 29.8 Å². The first-order valence-corrected chi connectivity index (χ1v) is 6.71. The normalized spacial score (nSPS) is 10.4. The summed E-state index contributed by atoms with van der Waals surface area (Å²) in [5.41, 5.74) is 9.05. The van der Waals surface area contributed by atoms with Crippen molar-refractivity contribution >= 4 is 11.3 Å². The summed E-state index contributed by atoms with van der Waals surface area (Å²) in [6, 6.07) is 13.3. The van der Waals surface area contributed by atoms with Crippen LogP contribution in [-0.2, 0) is 0 Å². The van der Waals surface area contributed by atoms with E-state index in [1.807, 2.05) is 36.5 Å². The van der Waals surface area contributed by atoms with E-state index in [9.17, 15) is 5.26 Å². The Morgan fingerprint density at radius 1 is 1.09 bits per heavy atom. The Labute approximate surface area is 128 Å². The molecule has 0 unspecified atom stereocenters. The van der Waals surface area contributed by atoms with Gasteiger partial charge in [0, 0.05) is 17.8 Å². The first-order valence-electron chi connectivity index (χ1n) is 6.71. The molecule has 0 saturated heterocycles. The van der Waals surface area contributed by atoms with Crippen LogP contribution in [0.5, 0.6) is 11.5 Å². The van der Waals surface area contributed by atoms with Gasteiger partial charge in [-0.1, -0.05) is 6.07 Å². The maximum atomic E-state index is 9.56. The summed E-state index contributed by atoms with van der Waals surface area (Å²) < 4.78 is 12.4. The lowest BCUT2D eigenvalue weighted by atomic mass is 10.0. The highest BCUT2D eigenvalue weighted by Gasteiger charge is 2.18. The molecule has 2 aromatic heterocycles. The van der Waals surface area contributed by atoms with Crippen LogP contribution >= 0.6 is 0 Å². The molecule has 3 rings (SSSR count). The van der Waals surface area contributed by atoms with E-state index in [4.69, 9.17) is 15.2 Å².